The van der Waals surface area contributed by atoms with Gasteiger partial charge < -0.3 is 15.4 Å². The first-order valence-electron chi connectivity index (χ1n) is 9.75. The number of hydrogen-bond acceptors (Lipinski definition) is 6. The van der Waals surface area contributed by atoms with Gasteiger partial charge in [0.05, 0.1) is 28.8 Å². The zero-order valence-corrected chi connectivity index (χ0v) is 17.7. The van der Waals surface area contributed by atoms with Crippen molar-refractivity contribution in [2.24, 2.45) is 0 Å². The summed E-state index contributed by atoms with van der Waals surface area (Å²) < 4.78 is 22.8. The van der Waals surface area contributed by atoms with Crippen LogP contribution >= 0.6 is 11.6 Å². The molecule has 0 aliphatic carbocycles. The molecule has 0 spiro atoms. The third-order valence-corrected chi connectivity index (χ3v) is 5.71. The summed E-state index contributed by atoms with van der Waals surface area (Å²) in [5, 5.41) is 5.10. The molecule has 1 saturated heterocycles. The van der Waals surface area contributed by atoms with Crippen molar-refractivity contribution in [3.05, 3.63) is 34.5 Å². The van der Waals surface area contributed by atoms with E-state index in [1.165, 1.54) is 11.2 Å². The molecule has 0 unspecified atom stereocenters. The lowest BCUT2D eigenvalue weighted by Gasteiger charge is -2.24. The number of benzene rings is 1. The molecule has 1 aliphatic rings. The van der Waals surface area contributed by atoms with Crippen LogP contribution in [0.4, 0.5) is 15.9 Å². The van der Waals surface area contributed by atoms with E-state index in [1.54, 1.807) is 24.6 Å². The number of aromatic nitrogens is 4. The lowest BCUT2D eigenvalue weighted by Crippen LogP contribution is -2.26. The van der Waals surface area contributed by atoms with Crippen molar-refractivity contribution in [1.29, 1.82) is 0 Å². The van der Waals surface area contributed by atoms with Crippen LogP contribution in [-0.2, 0) is 4.79 Å². The van der Waals surface area contributed by atoms with Gasteiger partial charge in [0.15, 0.2) is 11.5 Å². The normalized spacial score (nSPS) is 15.2. The maximum atomic E-state index is 15.4. The number of nitrogen functional groups attached to an aromatic ring is 1. The molecule has 0 saturated carbocycles. The quantitative estimate of drug-likeness (QED) is 0.660. The van der Waals surface area contributed by atoms with Gasteiger partial charge in [0.1, 0.15) is 23.6 Å². The molecule has 8 nitrogen and oxygen atoms in total. The summed E-state index contributed by atoms with van der Waals surface area (Å²) >= 11 is 6.46. The maximum absolute atomic E-state index is 15.4. The number of ether oxygens (including phenoxy) is 1. The van der Waals surface area contributed by atoms with E-state index in [0.29, 0.717) is 54.1 Å². The van der Waals surface area contributed by atoms with Gasteiger partial charge in [-0.1, -0.05) is 11.6 Å². The summed E-state index contributed by atoms with van der Waals surface area (Å²) in [7, 11) is 0. The van der Waals surface area contributed by atoms with Crippen LogP contribution in [0.2, 0.25) is 5.02 Å². The van der Waals surface area contributed by atoms with Crippen molar-refractivity contribution in [3.63, 3.8) is 0 Å². The summed E-state index contributed by atoms with van der Waals surface area (Å²) in [5.41, 5.74) is 7.73. The fourth-order valence-electron chi connectivity index (χ4n) is 3.89. The van der Waals surface area contributed by atoms with E-state index in [1.807, 2.05) is 6.92 Å². The van der Waals surface area contributed by atoms with Crippen LogP contribution in [0, 0.1) is 12.7 Å². The molecule has 1 aromatic carbocycles. The second-order valence-electron chi connectivity index (χ2n) is 7.19. The highest BCUT2D eigenvalue weighted by molar-refractivity contribution is 6.32. The van der Waals surface area contributed by atoms with E-state index in [0.717, 1.165) is 0 Å². The molecular weight excluding hydrogens is 411 g/mol. The van der Waals surface area contributed by atoms with Crippen molar-refractivity contribution >= 4 is 40.0 Å². The number of amides is 1. The number of rotatable bonds is 5. The Morgan fingerprint density at radius 3 is 2.83 bits per heavy atom. The maximum Gasteiger partial charge on any atom is 0.227 e. The molecule has 10 heteroatoms. The molecule has 0 bridgehead atoms. The third kappa shape index (κ3) is 3.13. The molecule has 3 heterocycles. The van der Waals surface area contributed by atoms with Gasteiger partial charge in [0, 0.05) is 18.5 Å². The Morgan fingerprint density at radius 2 is 2.17 bits per heavy atom. The van der Waals surface area contributed by atoms with Gasteiger partial charge in [0.2, 0.25) is 5.91 Å². The summed E-state index contributed by atoms with van der Waals surface area (Å²) in [6.45, 7) is 6.19. The molecule has 2 aromatic heterocycles. The zero-order chi connectivity index (χ0) is 21.6. The van der Waals surface area contributed by atoms with Crippen molar-refractivity contribution in [3.8, 4) is 5.75 Å². The highest BCUT2D eigenvalue weighted by Crippen LogP contribution is 2.42. The molecule has 0 radical (unpaired) electrons. The zero-order valence-electron chi connectivity index (χ0n) is 16.9. The highest BCUT2D eigenvalue weighted by atomic mass is 35.5. The molecule has 1 atom stereocenters. The number of hydrogen-bond donors (Lipinski definition) is 1. The van der Waals surface area contributed by atoms with Gasteiger partial charge in [-0.05, 0) is 33.3 Å². The lowest BCUT2D eigenvalue weighted by molar-refractivity contribution is -0.117. The summed E-state index contributed by atoms with van der Waals surface area (Å²) in [6, 6.07) is 1.20. The second kappa shape index (κ2) is 7.71. The number of fused-ring (bicyclic) bond motifs is 1. The van der Waals surface area contributed by atoms with E-state index in [2.05, 4.69) is 15.1 Å². The smallest absolute Gasteiger partial charge is 0.227 e. The van der Waals surface area contributed by atoms with Crippen LogP contribution in [0.3, 0.4) is 0 Å². The topological polar surface area (TPSA) is 99.2 Å². The molecule has 1 amide bonds. The fraction of sp³-hybridized carbons (Fsp3) is 0.400. The van der Waals surface area contributed by atoms with Gasteiger partial charge in [0.25, 0.3) is 0 Å². The highest BCUT2D eigenvalue weighted by Gasteiger charge is 2.31. The molecule has 2 N–H and O–H groups in total. The minimum atomic E-state index is -0.679. The van der Waals surface area contributed by atoms with Crippen LogP contribution in [0.25, 0.3) is 11.0 Å². The number of halogens is 2. The number of aryl methyl sites for hydroxylation is 1. The van der Waals surface area contributed by atoms with E-state index < -0.39 is 11.9 Å². The fourth-order valence-corrected chi connectivity index (χ4v) is 4.19. The van der Waals surface area contributed by atoms with E-state index in [9.17, 15) is 4.79 Å². The molecular formula is C20H22ClFN6O2. The standard InChI is InChI=1S/C20H22ClFN6O2/c1-4-30-13-8-12(16(21)17(22)18(13)27-7-5-6-14(27)29)11(3)28-20-15(10(2)26-28)19(23)24-9-25-20/h8-9,11H,4-7H2,1-3H3,(H2,23,24,25)/t11-/m0/s1. The minimum Gasteiger partial charge on any atom is -0.492 e. The number of nitrogens with two attached hydrogens (primary N) is 1. The lowest BCUT2D eigenvalue weighted by atomic mass is 10.1. The Bertz CT molecular complexity index is 1150. The van der Waals surface area contributed by atoms with Crippen LogP contribution in [0.15, 0.2) is 12.4 Å². The van der Waals surface area contributed by atoms with Crippen molar-refractivity contribution in [2.45, 2.75) is 39.7 Å². The molecule has 1 aliphatic heterocycles. The Hall–Kier alpha value is -2.94. The largest absolute Gasteiger partial charge is 0.492 e. The third-order valence-electron chi connectivity index (χ3n) is 5.33. The molecule has 158 valence electrons. The van der Waals surface area contributed by atoms with Crippen LogP contribution in [0.1, 0.15) is 44.0 Å². The Balaban J connectivity index is 1.87. The average molecular weight is 433 g/mol. The van der Waals surface area contributed by atoms with Gasteiger partial charge in [-0.25, -0.2) is 19.0 Å². The van der Waals surface area contributed by atoms with E-state index in [-0.39, 0.29) is 22.4 Å². The van der Waals surface area contributed by atoms with Gasteiger partial charge in [-0.15, -0.1) is 0 Å². The van der Waals surface area contributed by atoms with Crippen LogP contribution in [0.5, 0.6) is 5.75 Å². The minimum absolute atomic E-state index is 0.0796. The number of nitrogens with zero attached hydrogens (tertiary/aromatic N) is 5. The van der Waals surface area contributed by atoms with E-state index in [4.69, 9.17) is 22.1 Å². The summed E-state index contributed by atoms with van der Waals surface area (Å²) in [6.07, 6.45) is 2.40. The van der Waals surface area contributed by atoms with Gasteiger partial charge in [-0.3, -0.25) is 4.79 Å². The molecule has 30 heavy (non-hydrogen) atoms. The first-order chi connectivity index (χ1) is 14.3. The number of carbonyl (C=O) groups excluding carboxylic acids is 1. The number of anilines is 2. The predicted octanol–water partition coefficient (Wildman–Crippen LogP) is 3.64. The summed E-state index contributed by atoms with van der Waals surface area (Å²) in [5.74, 6) is -0.223. The van der Waals surface area contributed by atoms with Crippen molar-refractivity contribution < 1.29 is 13.9 Å². The Morgan fingerprint density at radius 1 is 1.40 bits per heavy atom. The van der Waals surface area contributed by atoms with Gasteiger partial charge in [-0.2, -0.15) is 5.10 Å². The van der Waals surface area contributed by atoms with E-state index >= 15 is 4.39 Å². The average Bonchev–Trinajstić information content (AvgIpc) is 3.28. The molecule has 3 aromatic rings. The Labute approximate surface area is 177 Å². The number of carbonyl (C=O) groups is 1. The first kappa shape index (κ1) is 20.3. The van der Waals surface area contributed by atoms with Crippen LogP contribution in [-0.4, -0.2) is 38.8 Å². The Kier molecular flexibility index (Phi) is 5.23. The monoisotopic (exact) mass is 432 g/mol. The first-order valence-corrected chi connectivity index (χ1v) is 10.1. The van der Waals surface area contributed by atoms with Crippen LogP contribution < -0.4 is 15.4 Å². The van der Waals surface area contributed by atoms with Crippen molar-refractivity contribution in [2.75, 3.05) is 23.8 Å². The SMILES string of the molecule is CCOc1cc([C@H](C)n2nc(C)c3c(N)ncnc32)c(Cl)c(F)c1N1CCCC1=O. The van der Waals surface area contributed by atoms with Crippen molar-refractivity contribution in [1.82, 2.24) is 19.7 Å². The summed E-state index contributed by atoms with van der Waals surface area (Å²) in [4.78, 5) is 22.0. The molecule has 1 fully saturated rings. The van der Waals surface area contributed by atoms with Gasteiger partial charge >= 0.3 is 0 Å². The second-order valence-corrected chi connectivity index (χ2v) is 7.56. The molecule has 4 rings (SSSR count). The predicted molar refractivity (Wildman–Crippen MR) is 112 cm³/mol.